The van der Waals surface area contributed by atoms with Gasteiger partial charge in [-0.25, -0.2) is 4.98 Å². The Hall–Kier alpha value is -2.96. The highest BCUT2D eigenvalue weighted by Gasteiger charge is 2.09. The van der Waals surface area contributed by atoms with Crippen LogP contribution in [0.2, 0.25) is 0 Å². The van der Waals surface area contributed by atoms with Gasteiger partial charge in [0.25, 0.3) is 5.69 Å². The minimum atomic E-state index is -0.423. The minimum absolute atomic E-state index is 0.0718. The normalized spacial score (nSPS) is 10.6. The maximum atomic E-state index is 10.6. The second kappa shape index (κ2) is 4.96. The van der Waals surface area contributed by atoms with Gasteiger partial charge < -0.3 is 4.42 Å². The first-order valence-electron chi connectivity index (χ1n) is 5.91. The van der Waals surface area contributed by atoms with Crippen molar-refractivity contribution < 1.29 is 9.34 Å². The average Bonchev–Trinajstić information content (AvgIpc) is 3.09. The van der Waals surface area contributed by atoms with Crippen LogP contribution in [0.5, 0.6) is 0 Å². The van der Waals surface area contributed by atoms with Gasteiger partial charge in [0.1, 0.15) is 5.82 Å². The van der Waals surface area contributed by atoms with Crippen LogP contribution in [-0.2, 0) is 6.42 Å². The predicted octanol–water partition coefficient (Wildman–Crippen LogP) is 2.56. The molecule has 0 aliphatic heterocycles. The van der Waals surface area contributed by atoms with E-state index < -0.39 is 4.92 Å². The molecule has 0 amide bonds. The largest absolute Gasteiger partial charge is 0.461 e. The van der Waals surface area contributed by atoms with Crippen LogP contribution < -0.4 is 0 Å². The average molecular weight is 270 g/mol. The standard InChI is InChI=1S/C13H10N4O3/c18-17(19)10-5-3-9(4-6-10)8-12-14-13(16-15-12)11-2-1-7-20-11/h1-7H,8H2,(H,14,15,16). The Labute approximate surface area is 113 Å². The fourth-order valence-corrected chi connectivity index (χ4v) is 1.82. The molecule has 3 rings (SSSR count). The summed E-state index contributed by atoms with van der Waals surface area (Å²) in [5.41, 5.74) is 0.986. The number of hydrogen-bond donors (Lipinski definition) is 1. The molecule has 3 aromatic rings. The number of rotatable bonds is 4. The lowest BCUT2D eigenvalue weighted by Crippen LogP contribution is -1.92. The molecular formula is C13H10N4O3. The number of benzene rings is 1. The van der Waals surface area contributed by atoms with E-state index in [0.717, 1.165) is 5.56 Å². The quantitative estimate of drug-likeness (QED) is 0.580. The van der Waals surface area contributed by atoms with Crippen molar-refractivity contribution in [1.82, 2.24) is 15.2 Å². The molecule has 7 nitrogen and oxygen atoms in total. The highest BCUT2D eigenvalue weighted by atomic mass is 16.6. The fourth-order valence-electron chi connectivity index (χ4n) is 1.82. The van der Waals surface area contributed by atoms with Gasteiger partial charge >= 0.3 is 0 Å². The van der Waals surface area contributed by atoms with Crippen LogP contribution >= 0.6 is 0 Å². The van der Waals surface area contributed by atoms with E-state index in [2.05, 4.69) is 15.2 Å². The van der Waals surface area contributed by atoms with Crippen molar-refractivity contribution in [3.63, 3.8) is 0 Å². The molecule has 7 heteroatoms. The first kappa shape index (κ1) is 12.1. The summed E-state index contributed by atoms with van der Waals surface area (Å²) < 4.78 is 5.21. The number of H-pyrrole nitrogens is 1. The van der Waals surface area contributed by atoms with Gasteiger partial charge in [-0.15, -0.1) is 0 Å². The highest BCUT2D eigenvalue weighted by Crippen LogP contribution is 2.17. The van der Waals surface area contributed by atoms with Crippen molar-refractivity contribution in [2.24, 2.45) is 0 Å². The van der Waals surface area contributed by atoms with Gasteiger partial charge in [0, 0.05) is 18.6 Å². The Morgan fingerprint density at radius 1 is 1.25 bits per heavy atom. The first-order chi connectivity index (χ1) is 9.72. The van der Waals surface area contributed by atoms with Crippen LogP contribution in [0.4, 0.5) is 5.69 Å². The Kier molecular flexibility index (Phi) is 3.00. The van der Waals surface area contributed by atoms with E-state index in [-0.39, 0.29) is 5.69 Å². The maximum Gasteiger partial charge on any atom is 0.269 e. The molecule has 2 heterocycles. The molecule has 0 aliphatic rings. The number of nitro groups is 1. The summed E-state index contributed by atoms with van der Waals surface area (Å²) in [6.45, 7) is 0. The molecule has 1 N–H and O–H groups in total. The summed E-state index contributed by atoms with van der Waals surface area (Å²) in [4.78, 5) is 14.5. The summed E-state index contributed by atoms with van der Waals surface area (Å²) in [5.74, 6) is 1.76. The second-order valence-corrected chi connectivity index (χ2v) is 4.18. The number of nitrogens with one attached hydrogen (secondary N) is 1. The third-order valence-corrected chi connectivity index (χ3v) is 2.79. The van der Waals surface area contributed by atoms with E-state index in [1.807, 2.05) is 0 Å². The van der Waals surface area contributed by atoms with Crippen LogP contribution in [0.3, 0.4) is 0 Å². The molecule has 100 valence electrons. The number of nitrogens with zero attached hydrogens (tertiary/aromatic N) is 3. The number of furan rings is 1. The molecule has 0 fully saturated rings. The van der Waals surface area contributed by atoms with Gasteiger partial charge in [-0.2, -0.15) is 5.10 Å². The molecular weight excluding hydrogens is 260 g/mol. The van der Waals surface area contributed by atoms with Crippen LogP contribution in [0.1, 0.15) is 11.4 Å². The Balaban J connectivity index is 1.76. The third kappa shape index (κ3) is 2.41. The molecule has 0 saturated heterocycles. The zero-order valence-corrected chi connectivity index (χ0v) is 10.3. The van der Waals surface area contributed by atoms with Gasteiger partial charge in [-0.3, -0.25) is 15.2 Å². The molecule has 2 aromatic heterocycles. The van der Waals surface area contributed by atoms with Crippen molar-refractivity contribution in [2.75, 3.05) is 0 Å². The number of hydrogen-bond acceptors (Lipinski definition) is 5. The monoisotopic (exact) mass is 270 g/mol. The van der Waals surface area contributed by atoms with Crippen molar-refractivity contribution in [1.29, 1.82) is 0 Å². The number of aromatic nitrogens is 3. The van der Waals surface area contributed by atoms with E-state index in [4.69, 9.17) is 4.42 Å². The van der Waals surface area contributed by atoms with Gasteiger partial charge in [-0.1, -0.05) is 12.1 Å². The van der Waals surface area contributed by atoms with E-state index in [0.29, 0.717) is 23.8 Å². The maximum absolute atomic E-state index is 10.6. The zero-order valence-electron chi connectivity index (χ0n) is 10.3. The van der Waals surface area contributed by atoms with Gasteiger partial charge in [0.15, 0.2) is 5.76 Å². The number of aromatic amines is 1. The third-order valence-electron chi connectivity index (χ3n) is 2.79. The summed E-state index contributed by atoms with van der Waals surface area (Å²) in [6.07, 6.45) is 2.08. The van der Waals surface area contributed by atoms with Gasteiger partial charge in [0.05, 0.1) is 11.2 Å². The molecule has 0 unspecified atom stereocenters. The number of non-ortho nitro benzene ring substituents is 1. The summed E-state index contributed by atoms with van der Waals surface area (Å²) in [7, 11) is 0. The van der Waals surface area contributed by atoms with Crippen LogP contribution in [0.25, 0.3) is 11.6 Å². The fraction of sp³-hybridized carbons (Fsp3) is 0.0769. The summed E-state index contributed by atoms with van der Waals surface area (Å²) >= 11 is 0. The first-order valence-corrected chi connectivity index (χ1v) is 5.91. The highest BCUT2D eigenvalue weighted by molar-refractivity contribution is 5.45. The summed E-state index contributed by atoms with van der Waals surface area (Å²) in [5, 5.41) is 17.5. The van der Waals surface area contributed by atoms with E-state index in [9.17, 15) is 10.1 Å². The molecule has 0 radical (unpaired) electrons. The Morgan fingerprint density at radius 2 is 2.05 bits per heavy atom. The lowest BCUT2D eigenvalue weighted by molar-refractivity contribution is -0.384. The topological polar surface area (TPSA) is 97.8 Å². The smallest absolute Gasteiger partial charge is 0.269 e. The van der Waals surface area contributed by atoms with Gasteiger partial charge in [-0.05, 0) is 17.7 Å². The van der Waals surface area contributed by atoms with Crippen molar-refractivity contribution >= 4 is 5.69 Å². The molecule has 0 saturated carbocycles. The van der Waals surface area contributed by atoms with Crippen LogP contribution in [0.15, 0.2) is 47.1 Å². The SMILES string of the molecule is O=[N+]([O-])c1ccc(Cc2nc(-c3ccco3)n[nH]2)cc1. The summed E-state index contributed by atoms with van der Waals surface area (Å²) in [6, 6.07) is 9.89. The molecule has 0 aliphatic carbocycles. The molecule has 20 heavy (non-hydrogen) atoms. The van der Waals surface area contributed by atoms with E-state index >= 15 is 0 Å². The Bertz CT molecular complexity index is 716. The second-order valence-electron chi connectivity index (χ2n) is 4.18. The lowest BCUT2D eigenvalue weighted by atomic mass is 10.1. The van der Waals surface area contributed by atoms with E-state index in [1.165, 1.54) is 12.1 Å². The Morgan fingerprint density at radius 3 is 2.70 bits per heavy atom. The van der Waals surface area contributed by atoms with Crippen molar-refractivity contribution in [2.45, 2.75) is 6.42 Å². The van der Waals surface area contributed by atoms with Crippen molar-refractivity contribution in [3.8, 4) is 11.6 Å². The number of nitro benzene ring substituents is 1. The van der Waals surface area contributed by atoms with Crippen LogP contribution in [-0.4, -0.2) is 20.1 Å². The molecule has 0 bridgehead atoms. The molecule has 0 spiro atoms. The lowest BCUT2D eigenvalue weighted by Gasteiger charge is -1.97. The zero-order chi connectivity index (χ0) is 13.9. The van der Waals surface area contributed by atoms with E-state index in [1.54, 1.807) is 30.5 Å². The predicted molar refractivity (Wildman–Crippen MR) is 70.0 cm³/mol. The molecule has 1 aromatic carbocycles. The van der Waals surface area contributed by atoms with Crippen LogP contribution in [0, 0.1) is 10.1 Å². The minimum Gasteiger partial charge on any atom is -0.461 e. The van der Waals surface area contributed by atoms with Gasteiger partial charge in [0.2, 0.25) is 5.82 Å². The molecule has 0 atom stereocenters. The van der Waals surface area contributed by atoms with Crippen molar-refractivity contribution in [3.05, 3.63) is 64.2 Å².